The number of rotatable bonds is 9. The van der Waals surface area contributed by atoms with E-state index in [9.17, 15) is 9.59 Å². The molecule has 0 aliphatic carbocycles. The van der Waals surface area contributed by atoms with Crippen LogP contribution in [-0.4, -0.2) is 18.5 Å². The topological polar surface area (TPSA) is 55.4 Å². The molecule has 1 N–H and O–H groups in total. The first-order chi connectivity index (χ1) is 12.9. The monoisotopic (exact) mass is 369 g/mol. The maximum Gasteiger partial charge on any atom is 0.302 e. The van der Waals surface area contributed by atoms with Crippen LogP contribution >= 0.6 is 0 Å². The van der Waals surface area contributed by atoms with Gasteiger partial charge >= 0.3 is 5.97 Å². The van der Waals surface area contributed by atoms with Crippen molar-refractivity contribution in [3.63, 3.8) is 0 Å². The molecule has 4 heteroatoms. The number of ether oxygens (including phenoxy) is 1. The molecule has 0 aliphatic rings. The van der Waals surface area contributed by atoms with E-state index >= 15 is 0 Å². The minimum absolute atomic E-state index is 0.0334. The number of nitrogens with one attached hydrogen (secondary N) is 1. The SMILES string of the molecule is CC(=O)OC[C@@H](C)CCC[C@@H](C)C(=O)N[C@@H](C)c1cccc2ccccc12. The molecule has 0 fully saturated rings. The first-order valence-corrected chi connectivity index (χ1v) is 9.80. The third kappa shape index (κ3) is 6.38. The van der Waals surface area contributed by atoms with E-state index in [1.807, 2.05) is 32.0 Å². The molecule has 0 radical (unpaired) electrons. The summed E-state index contributed by atoms with van der Waals surface area (Å²) in [6, 6.07) is 14.4. The van der Waals surface area contributed by atoms with Gasteiger partial charge in [0.05, 0.1) is 12.6 Å². The van der Waals surface area contributed by atoms with Crippen LogP contribution in [0.1, 0.15) is 58.6 Å². The number of benzene rings is 2. The summed E-state index contributed by atoms with van der Waals surface area (Å²) in [5.41, 5.74) is 1.14. The van der Waals surface area contributed by atoms with Gasteiger partial charge in [0.25, 0.3) is 0 Å². The Morgan fingerprint density at radius 3 is 2.44 bits per heavy atom. The highest BCUT2D eigenvalue weighted by atomic mass is 16.5. The van der Waals surface area contributed by atoms with Gasteiger partial charge in [-0.05, 0) is 42.0 Å². The number of carbonyl (C=O) groups excluding carboxylic acids is 2. The lowest BCUT2D eigenvalue weighted by Crippen LogP contribution is -2.31. The fraction of sp³-hybridized carbons (Fsp3) is 0.478. The second-order valence-corrected chi connectivity index (χ2v) is 7.54. The molecule has 0 spiro atoms. The number of fused-ring (bicyclic) bond motifs is 1. The molecule has 2 aromatic rings. The first-order valence-electron chi connectivity index (χ1n) is 9.80. The zero-order valence-corrected chi connectivity index (χ0v) is 16.8. The molecule has 0 aromatic heterocycles. The second kappa shape index (κ2) is 10.1. The van der Waals surface area contributed by atoms with Crippen LogP contribution < -0.4 is 5.32 Å². The number of carbonyl (C=O) groups is 2. The van der Waals surface area contributed by atoms with Crippen molar-refractivity contribution < 1.29 is 14.3 Å². The van der Waals surface area contributed by atoms with E-state index in [1.54, 1.807) is 0 Å². The van der Waals surface area contributed by atoms with Crippen LogP contribution in [-0.2, 0) is 14.3 Å². The third-order valence-corrected chi connectivity index (χ3v) is 5.00. The molecule has 0 unspecified atom stereocenters. The minimum Gasteiger partial charge on any atom is -0.466 e. The minimum atomic E-state index is -0.239. The lowest BCUT2D eigenvalue weighted by atomic mass is 9.96. The highest BCUT2D eigenvalue weighted by Gasteiger charge is 2.17. The summed E-state index contributed by atoms with van der Waals surface area (Å²) in [4.78, 5) is 23.4. The van der Waals surface area contributed by atoms with Gasteiger partial charge in [0.1, 0.15) is 0 Å². The van der Waals surface area contributed by atoms with Crippen molar-refractivity contribution in [2.24, 2.45) is 11.8 Å². The van der Waals surface area contributed by atoms with Crippen molar-refractivity contribution in [3.05, 3.63) is 48.0 Å². The number of amides is 1. The van der Waals surface area contributed by atoms with E-state index < -0.39 is 0 Å². The molecule has 0 saturated carbocycles. The predicted octanol–water partition coefficient (Wildman–Crippen LogP) is 5.02. The Morgan fingerprint density at radius 2 is 1.70 bits per heavy atom. The van der Waals surface area contributed by atoms with E-state index in [4.69, 9.17) is 4.74 Å². The quantitative estimate of drug-likeness (QED) is 0.631. The normalized spacial score (nSPS) is 14.4. The second-order valence-electron chi connectivity index (χ2n) is 7.54. The third-order valence-electron chi connectivity index (χ3n) is 5.00. The lowest BCUT2D eigenvalue weighted by molar-refractivity contribution is -0.142. The Kier molecular flexibility index (Phi) is 7.83. The summed E-state index contributed by atoms with van der Waals surface area (Å²) in [6.45, 7) is 7.95. The fourth-order valence-corrected chi connectivity index (χ4v) is 3.31. The zero-order valence-electron chi connectivity index (χ0n) is 16.8. The Hall–Kier alpha value is -2.36. The van der Waals surface area contributed by atoms with Crippen LogP contribution in [0.3, 0.4) is 0 Å². The molecular weight excluding hydrogens is 338 g/mol. The van der Waals surface area contributed by atoms with Crippen molar-refractivity contribution in [2.75, 3.05) is 6.61 Å². The Labute approximate surface area is 162 Å². The van der Waals surface area contributed by atoms with Crippen molar-refractivity contribution in [3.8, 4) is 0 Å². The van der Waals surface area contributed by atoms with Gasteiger partial charge in [-0.2, -0.15) is 0 Å². The summed E-state index contributed by atoms with van der Waals surface area (Å²) in [6.07, 6.45) is 2.72. The molecule has 0 bridgehead atoms. The van der Waals surface area contributed by atoms with Gasteiger partial charge in [0, 0.05) is 12.8 Å². The van der Waals surface area contributed by atoms with Gasteiger partial charge in [-0.1, -0.05) is 62.7 Å². The van der Waals surface area contributed by atoms with E-state index in [0.29, 0.717) is 12.5 Å². The Morgan fingerprint density at radius 1 is 1.00 bits per heavy atom. The maximum absolute atomic E-state index is 12.6. The molecule has 0 saturated heterocycles. The van der Waals surface area contributed by atoms with Crippen molar-refractivity contribution in [1.82, 2.24) is 5.32 Å². The molecule has 1 amide bonds. The Bertz CT molecular complexity index is 766. The average molecular weight is 370 g/mol. The van der Waals surface area contributed by atoms with Gasteiger partial charge in [-0.15, -0.1) is 0 Å². The van der Waals surface area contributed by atoms with E-state index in [2.05, 4.69) is 36.5 Å². The maximum atomic E-state index is 12.6. The zero-order chi connectivity index (χ0) is 19.8. The average Bonchev–Trinajstić information content (AvgIpc) is 2.65. The molecule has 3 atom stereocenters. The van der Waals surface area contributed by atoms with E-state index in [0.717, 1.165) is 24.8 Å². The van der Waals surface area contributed by atoms with E-state index in [1.165, 1.54) is 17.7 Å². The van der Waals surface area contributed by atoms with Crippen LogP contribution in [0.4, 0.5) is 0 Å². The summed E-state index contributed by atoms with van der Waals surface area (Å²) >= 11 is 0. The largest absolute Gasteiger partial charge is 0.466 e. The molecular formula is C23H31NO3. The highest BCUT2D eigenvalue weighted by Crippen LogP contribution is 2.24. The van der Waals surface area contributed by atoms with Gasteiger partial charge in [-0.3, -0.25) is 9.59 Å². The molecule has 0 aliphatic heterocycles. The molecule has 2 aromatic carbocycles. The molecule has 27 heavy (non-hydrogen) atoms. The van der Waals surface area contributed by atoms with Crippen molar-refractivity contribution in [1.29, 1.82) is 0 Å². The van der Waals surface area contributed by atoms with Crippen LogP contribution in [0.5, 0.6) is 0 Å². The Balaban J connectivity index is 1.84. The predicted molar refractivity (Wildman–Crippen MR) is 109 cm³/mol. The van der Waals surface area contributed by atoms with Crippen LogP contribution in [0, 0.1) is 11.8 Å². The number of esters is 1. The van der Waals surface area contributed by atoms with Crippen LogP contribution in [0.25, 0.3) is 10.8 Å². The van der Waals surface area contributed by atoms with E-state index in [-0.39, 0.29) is 23.8 Å². The van der Waals surface area contributed by atoms with Crippen molar-refractivity contribution >= 4 is 22.6 Å². The first kappa shape index (κ1) is 20.9. The smallest absolute Gasteiger partial charge is 0.302 e. The van der Waals surface area contributed by atoms with Gasteiger partial charge < -0.3 is 10.1 Å². The summed E-state index contributed by atoms with van der Waals surface area (Å²) < 4.78 is 5.03. The number of hydrogen-bond acceptors (Lipinski definition) is 3. The fourth-order valence-electron chi connectivity index (χ4n) is 3.31. The number of hydrogen-bond donors (Lipinski definition) is 1. The van der Waals surface area contributed by atoms with Crippen LogP contribution in [0.15, 0.2) is 42.5 Å². The van der Waals surface area contributed by atoms with Gasteiger partial charge in [-0.25, -0.2) is 0 Å². The summed E-state index contributed by atoms with van der Waals surface area (Å²) in [5.74, 6) is 0.127. The van der Waals surface area contributed by atoms with Crippen molar-refractivity contribution in [2.45, 2.75) is 53.0 Å². The lowest BCUT2D eigenvalue weighted by Gasteiger charge is -2.20. The molecule has 4 nitrogen and oxygen atoms in total. The summed E-state index contributed by atoms with van der Waals surface area (Å²) in [7, 11) is 0. The molecule has 2 rings (SSSR count). The van der Waals surface area contributed by atoms with Gasteiger partial charge in [0.15, 0.2) is 0 Å². The molecule has 146 valence electrons. The standard InChI is InChI=1S/C23H31NO3/c1-16(15-27-19(4)25)9-7-10-17(2)23(26)24-18(3)21-14-8-12-20-11-5-6-13-22(20)21/h5-6,8,11-14,16-18H,7,9-10,15H2,1-4H3,(H,24,26)/t16-,17+,18-/m0/s1. The van der Waals surface area contributed by atoms with Gasteiger partial charge in [0.2, 0.25) is 5.91 Å². The van der Waals surface area contributed by atoms with Crippen LogP contribution in [0.2, 0.25) is 0 Å². The highest BCUT2D eigenvalue weighted by molar-refractivity contribution is 5.87. The summed E-state index contributed by atoms with van der Waals surface area (Å²) in [5, 5.41) is 5.52. The molecule has 0 heterocycles.